The third-order valence-electron chi connectivity index (χ3n) is 2.79. The first-order valence-electron chi connectivity index (χ1n) is 6.21. The van der Waals surface area contributed by atoms with E-state index in [4.69, 9.17) is 4.74 Å². The molecule has 2 aromatic carbocycles. The van der Waals surface area contributed by atoms with Crippen LogP contribution in [0.25, 0.3) is 0 Å². The van der Waals surface area contributed by atoms with Crippen molar-refractivity contribution in [2.45, 2.75) is 0 Å². The number of methoxy groups -OCH3 is 1. The molecule has 7 heteroatoms. The quantitative estimate of drug-likeness (QED) is 0.482. The van der Waals surface area contributed by atoms with Gasteiger partial charge in [0.05, 0.1) is 10.7 Å². The number of halogens is 2. The molecular formula is C15H12I2N2O3. The normalized spacial score (nSPS) is 9.95. The molecule has 0 heterocycles. The first-order chi connectivity index (χ1) is 10.5. The van der Waals surface area contributed by atoms with Crippen molar-refractivity contribution < 1.29 is 14.3 Å². The van der Waals surface area contributed by atoms with Crippen LogP contribution >= 0.6 is 45.2 Å². The number of ether oxygens (including phenoxy) is 1. The number of hydrazine groups is 1. The fourth-order valence-electron chi connectivity index (χ4n) is 1.70. The Morgan fingerprint density at radius 3 is 2.14 bits per heavy atom. The average Bonchev–Trinajstić information content (AvgIpc) is 2.52. The average molecular weight is 522 g/mol. The highest BCUT2D eigenvalue weighted by Gasteiger charge is 2.11. The Balaban J connectivity index is 2.00. The van der Waals surface area contributed by atoms with Crippen LogP contribution in [-0.4, -0.2) is 18.9 Å². The molecule has 2 aromatic rings. The van der Waals surface area contributed by atoms with Crippen LogP contribution in [0.15, 0.2) is 42.5 Å². The van der Waals surface area contributed by atoms with E-state index in [1.54, 1.807) is 43.5 Å². The molecule has 0 aliphatic heterocycles. The lowest BCUT2D eigenvalue weighted by Gasteiger charge is -2.09. The van der Waals surface area contributed by atoms with Gasteiger partial charge in [-0.15, -0.1) is 0 Å². The molecule has 22 heavy (non-hydrogen) atoms. The van der Waals surface area contributed by atoms with E-state index in [1.807, 2.05) is 6.07 Å². The largest absolute Gasteiger partial charge is 0.496 e. The molecule has 0 atom stereocenters. The summed E-state index contributed by atoms with van der Waals surface area (Å²) in [5.74, 6) is -0.0605. The molecule has 0 saturated heterocycles. The van der Waals surface area contributed by atoms with Gasteiger partial charge in [0, 0.05) is 14.7 Å². The number of amides is 2. The summed E-state index contributed by atoms with van der Waals surface area (Å²) in [7, 11) is 1.57. The molecule has 2 rings (SSSR count). The first kappa shape index (κ1) is 17.0. The maximum absolute atomic E-state index is 12.0. The van der Waals surface area contributed by atoms with Crippen LogP contribution < -0.4 is 15.6 Å². The minimum Gasteiger partial charge on any atom is -0.496 e. The molecule has 0 aliphatic rings. The smallest absolute Gasteiger partial charge is 0.269 e. The number of hydrogen-bond acceptors (Lipinski definition) is 3. The fraction of sp³-hybridized carbons (Fsp3) is 0.0667. The zero-order valence-corrected chi connectivity index (χ0v) is 15.8. The predicted molar refractivity (Wildman–Crippen MR) is 99.8 cm³/mol. The second-order valence-electron chi connectivity index (χ2n) is 4.27. The fourth-order valence-corrected chi connectivity index (χ4v) is 2.97. The summed E-state index contributed by atoms with van der Waals surface area (Å²) in [6.07, 6.45) is 0. The van der Waals surface area contributed by atoms with Crippen molar-refractivity contribution in [3.05, 3.63) is 60.7 Å². The van der Waals surface area contributed by atoms with Crippen molar-refractivity contribution in [2.24, 2.45) is 0 Å². The van der Waals surface area contributed by atoms with E-state index < -0.39 is 0 Å². The molecule has 0 aromatic heterocycles. The molecule has 0 aliphatic carbocycles. The predicted octanol–water partition coefficient (Wildman–Crippen LogP) is 2.98. The van der Waals surface area contributed by atoms with Crippen molar-refractivity contribution in [3.8, 4) is 5.75 Å². The zero-order chi connectivity index (χ0) is 16.1. The zero-order valence-electron chi connectivity index (χ0n) is 11.5. The van der Waals surface area contributed by atoms with Crippen LogP contribution in [0.5, 0.6) is 5.75 Å². The van der Waals surface area contributed by atoms with Gasteiger partial charge >= 0.3 is 0 Å². The van der Waals surface area contributed by atoms with E-state index in [2.05, 4.69) is 56.0 Å². The minimum atomic E-state index is -0.389. The third kappa shape index (κ3) is 4.32. The Morgan fingerprint density at radius 2 is 1.59 bits per heavy atom. The van der Waals surface area contributed by atoms with Gasteiger partial charge in [-0.25, -0.2) is 0 Å². The highest BCUT2D eigenvalue weighted by atomic mass is 127. The van der Waals surface area contributed by atoms with Crippen molar-refractivity contribution in [1.29, 1.82) is 0 Å². The molecule has 0 fully saturated rings. The lowest BCUT2D eigenvalue weighted by atomic mass is 10.2. The van der Waals surface area contributed by atoms with Gasteiger partial charge in [0.1, 0.15) is 5.75 Å². The number of carbonyl (C=O) groups is 2. The Hall–Kier alpha value is -1.36. The second-order valence-corrected chi connectivity index (χ2v) is 6.68. The summed E-state index contributed by atoms with van der Waals surface area (Å²) < 4.78 is 6.90. The van der Waals surface area contributed by atoms with Crippen LogP contribution in [-0.2, 0) is 0 Å². The van der Waals surface area contributed by atoms with Crippen LogP contribution in [0, 0.1) is 7.14 Å². The third-order valence-corrected chi connectivity index (χ3v) is 4.30. The SMILES string of the molecule is COc1ccc(C(=O)NNC(=O)c2cccc(I)c2)cc1I. The number of rotatable bonds is 3. The number of hydrogen-bond donors (Lipinski definition) is 2. The summed E-state index contributed by atoms with van der Waals surface area (Å²) >= 11 is 4.20. The Morgan fingerprint density at radius 1 is 0.955 bits per heavy atom. The van der Waals surface area contributed by atoms with Crippen molar-refractivity contribution >= 4 is 57.0 Å². The highest BCUT2D eigenvalue weighted by molar-refractivity contribution is 14.1. The van der Waals surface area contributed by atoms with Crippen molar-refractivity contribution in [1.82, 2.24) is 10.9 Å². The van der Waals surface area contributed by atoms with Crippen molar-refractivity contribution in [3.63, 3.8) is 0 Å². The van der Waals surface area contributed by atoms with Gasteiger partial charge in [-0.1, -0.05) is 6.07 Å². The lowest BCUT2D eigenvalue weighted by Crippen LogP contribution is -2.41. The van der Waals surface area contributed by atoms with Crippen molar-refractivity contribution in [2.75, 3.05) is 7.11 Å². The molecule has 0 unspecified atom stereocenters. The molecule has 0 saturated carbocycles. The second kappa shape index (κ2) is 7.77. The molecule has 2 N–H and O–H groups in total. The van der Waals surface area contributed by atoms with E-state index in [9.17, 15) is 9.59 Å². The Kier molecular flexibility index (Phi) is 6.00. The highest BCUT2D eigenvalue weighted by Crippen LogP contribution is 2.21. The molecule has 0 radical (unpaired) electrons. The Labute approximate surface area is 155 Å². The van der Waals surface area contributed by atoms with Gasteiger partial charge in [0.25, 0.3) is 11.8 Å². The van der Waals surface area contributed by atoms with Gasteiger partial charge in [0.2, 0.25) is 0 Å². The molecule has 0 bridgehead atoms. The van der Waals surface area contributed by atoms with Gasteiger partial charge in [0.15, 0.2) is 0 Å². The number of nitrogens with one attached hydrogen (secondary N) is 2. The standard InChI is InChI=1S/C15H12I2N2O3/c1-22-13-6-5-10(8-12(13)17)15(21)19-18-14(20)9-3-2-4-11(16)7-9/h2-8H,1H3,(H,18,20)(H,19,21). The topological polar surface area (TPSA) is 67.4 Å². The molecule has 114 valence electrons. The summed E-state index contributed by atoms with van der Waals surface area (Å²) in [5, 5.41) is 0. The van der Waals surface area contributed by atoms with E-state index >= 15 is 0 Å². The van der Waals surface area contributed by atoms with Crippen LogP contribution in [0.1, 0.15) is 20.7 Å². The number of carbonyl (C=O) groups excluding carboxylic acids is 2. The van der Waals surface area contributed by atoms with E-state index in [0.29, 0.717) is 16.9 Å². The van der Waals surface area contributed by atoms with Gasteiger partial charge in [-0.05, 0) is 81.6 Å². The van der Waals surface area contributed by atoms with Crippen LogP contribution in [0.4, 0.5) is 0 Å². The van der Waals surface area contributed by atoms with Gasteiger partial charge in [-0.3, -0.25) is 20.4 Å². The van der Waals surface area contributed by atoms with Gasteiger partial charge < -0.3 is 4.74 Å². The van der Waals surface area contributed by atoms with E-state index in [0.717, 1.165) is 7.14 Å². The van der Waals surface area contributed by atoms with Gasteiger partial charge in [-0.2, -0.15) is 0 Å². The number of benzene rings is 2. The Bertz CT molecular complexity index is 720. The monoisotopic (exact) mass is 522 g/mol. The summed E-state index contributed by atoms with van der Waals surface area (Å²) in [5.41, 5.74) is 5.71. The molecule has 0 spiro atoms. The molecule has 2 amide bonds. The van der Waals surface area contributed by atoms with E-state index in [1.165, 1.54) is 0 Å². The minimum absolute atomic E-state index is 0.366. The first-order valence-corrected chi connectivity index (χ1v) is 8.37. The maximum Gasteiger partial charge on any atom is 0.269 e. The van der Waals surface area contributed by atoms with Crippen LogP contribution in [0.3, 0.4) is 0 Å². The van der Waals surface area contributed by atoms with Crippen LogP contribution in [0.2, 0.25) is 0 Å². The summed E-state index contributed by atoms with van der Waals surface area (Å²) in [4.78, 5) is 24.0. The maximum atomic E-state index is 12.0. The van der Waals surface area contributed by atoms with E-state index in [-0.39, 0.29) is 11.8 Å². The molecule has 5 nitrogen and oxygen atoms in total. The summed E-state index contributed by atoms with van der Waals surface area (Å²) in [6, 6.07) is 12.1. The summed E-state index contributed by atoms with van der Waals surface area (Å²) in [6.45, 7) is 0. The lowest BCUT2D eigenvalue weighted by molar-refractivity contribution is 0.0846. The molecular weight excluding hydrogens is 510 g/mol.